The highest BCUT2D eigenvalue weighted by atomic mass is 35.5. The van der Waals surface area contributed by atoms with Crippen LogP contribution in [0.5, 0.6) is 5.75 Å². The number of carbonyl (C=O) groups is 2. The predicted octanol–water partition coefficient (Wildman–Crippen LogP) is 3.31. The van der Waals surface area contributed by atoms with Crippen molar-refractivity contribution in [3.8, 4) is 5.75 Å². The molecular formula is C23H22ClN3O5S. The maximum atomic E-state index is 12.6. The quantitative estimate of drug-likeness (QED) is 0.401. The SMILES string of the molecule is COc1ccccc1NS(=O)(=O)c1ccc(C(=O)NCCNC(=O)c2ccc(Cl)cc2)cc1. The molecule has 3 aromatic rings. The van der Waals surface area contributed by atoms with Crippen molar-refractivity contribution in [2.45, 2.75) is 4.90 Å². The number of hydrogen-bond acceptors (Lipinski definition) is 5. The summed E-state index contributed by atoms with van der Waals surface area (Å²) in [6, 6.07) is 18.6. The van der Waals surface area contributed by atoms with E-state index in [-0.39, 0.29) is 29.5 Å². The van der Waals surface area contributed by atoms with Gasteiger partial charge in [0.1, 0.15) is 5.75 Å². The molecule has 0 aliphatic heterocycles. The molecule has 8 nitrogen and oxygen atoms in total. The molecule has 3 rings (SSSR count). The molecule has 0 saturated heterocycles. The first kappa shape index (κ1) is 24.1. The van der Waals surface area contributed by atoms with Crippen molar-refractivity contribution in [2.24, 2.45) is 0 Å². The van der Waals surface area contributed by atoms with Gasteiger partial charge in [-0.25, -0.2) is 8.42 Å². The smallest absolute Gasteiger partial charge is 0.262 e. The van der Waals surface area contributed by atoms with Crippen LogP contribution in [0.15, 0.2) is 77.7 Å². The highest BCUT2D eigenvalue weighted by Crippen LogP contribution is 2.26. The third kappa shape index (κ3) is 6.47. The predicted molar refractivity (Wildman–Crippen MR) is 126 cm³/mol. The van der Waals surface area contributed by atoms with E-state index in [2.05, 4.69) is 15.4 Å². The fraction of sp³-hybridized carbons (Fsp3) is 0.130. The maximum absolute atomic E-state index is 12.6. The van der Waals surface area contributed by atoms with E-state index in [0.717, 1.165) is 0 Å². The summed E-state index contributed by atoms with van der Waals surface area (Å²) in [6.45, 7) is 0.427. The highest BCUT2D eigenvalue weighted by Gasteiger charge is 2.17. The molecule has 0 spiro atoms. The Kier molecular flexibility index (Phi) is 7.92. The van der Waals surface area contributed by atoms with E-state index in [1.54, 1.807) is 48.5 Å². The number of carbonyl (C=O) groups excluding carboxylic acids is 2. The Balaban J connectivity index is 1.53. The van der Waals surface area contributed by atoms with Crippen LogP contribution in [-0.2, 0) is 10.0 Å². The lowest BCUT2D eigenvalue weighted by atomic mass is 10.2. The Labute approximate surface area is 197 Å². The zero-order valence-electron chi connectivity index (χ0n) is 17.7. The van der Waals surface area contributed by atoms with Crippen LogP contribution >= 0.6 is 11.6 Å². The lowest BCUT2D eigenvalue weighted by molar-refractivity contribution is 0.0927. The Morgan fingerprint density at radius 3 is 1.88 bits per heavy atom. The molecule has 0 bridgehead atoms. The highest BCUT2D eigenvalue weighted by molar-refractivity contribution is 7.92. The van der Waals surface area contributed by atoms with Gasteiger partial charge in [0.05, 0.1) is 17.7 Å². The number of sulfonamides is 1. The first-order valence-electron chi connectivity index (χ1n) is 9.88. The molecule has 0 atom stereocenters. The van der Waals surface area contributed by atoms with Crippen LogP contribution in [-0.4, -0.2) is 40.4 Å². The number of rotatable bonds is 9. The van der Waals surface area contributed by atoms with E-state index in [9.17, 15) is 18.0 Å². The third-order valence-electron chi connectivity index (χ3n) is 4.58. The van der Waals surface area contributed by atoms with E-state index in [1.165, 1.54) is 31.4 Å². The summed E-state index contributed by atoms with van der Waals surface area (Å²) in [5, 5.41) is 5.90. The zero-order chi connectivity index (χ0) is 23.8. The minimum atomic E-state index is -3.87. The van der Waals surface area contributed by atoms with Gasteiger partial charge in [-0.2, -0.15) is 0 Å². The second kappa shape index (κ2) is 10.8. The van der Waals surface area contributed by atoms with Crippen LogP contribution in [0.2, 0.25) is 5.02 Å². The summed E-state index contributed by atoms with van der Waals surface area (Å²) in [5.41, 5.74) is 1.06. The van der Waals surface area contributed by atoms with Gasteiger partial charge in [0.25, 0.3) is 21.8 Å². The molecule has 0 heterocycles. The van der Waals surface area contributed by atoms with Crippen LogP contribution in [0.1, 0.15) is 20.7 Å². The normalized spacial score (nSPS) is 10.8. The van der Waals surface area contributed by atoms with E-state index in [1.807, 2.05) is 0 Å². The molecular weight excluding hydrogens is 466 g/mol. The monoisotopic (exact) mass is 487 g/mol. The van der Waals surface area contributed by atoms with Crippen LogP contribution in [0.4, 0.5) is 5.69 Å². The van der Waals surface area contributed by atoms with Crippen LogP contribution in [0, 0.1) is 0 Å². The van der Waals surface area contributed by atoms with Crippen molar-refractivity contribution in [2.75, 3.05) is 24.9 Å². The van der Waals surface area contributed by atoms with Gasteiger partial charge in [-0.3, -0.25) is 14.3 Å². The molecule has 3 aromatic carbocycles. The number of ether oxygens (including phenoxy) is 1. The van der Waals surface area contributed by atoms with Crippen molar-refractivity contribution in [1.82, 2.24) is 10.6 Å². The van der Waals surface area contributed by atoms with E-state index < -0.39 is 15.9 Å². The van der Waals surface area contributed by atoms with Crippen molar-refractivity contribution < 1.29 is 22.7 Å². The molecule has 0 aliphatic rings. The van der Waals surface area contributed by atoms with Crippen molar-refractivity contribution in [1.29, 1.82) is 0 Å². The number of para-hydroxylation sites is 2. The summed E-state index contributed by atoms with van der Waals surface area (Å²) in [7, 11) is -2.42. The molecule has 0 aromatic heterocycles. The molecule has 172 valence electrons. The average molecular weight is 488 g/mol. The maximum Gasteiger partial charge on any atom is 0.262 e. The van der Waals surface area contributed by atoms with Crippen LogP contribution in [0.25, 0.3) is 0 Å². The molecule has 33 heavy (non-hydrogen) atoms. The Morgan fingerprint density at radius 1 is 0.818 bits per heavy atom. The standard InChI is InChI=1S/C23H22ClN3O5S/c1-32-21-5-3-2-4-20(21)27-33(30,31)19-12-8-17(9-13-19)23(29)26-15-14-25-22(28)16-6-10-18(24)11-7-16/h2-13,27H,14-15H2,1H3,(H,25,28)(H,26,29). The second-order valence-corrected chi connectivity index (χ2v) is 8.97. The van der Waals surface area contributed by atoms with Gasteiger partial charge >= 0.3 is 0 Å². The van der Waals surface area contributed by atoms with Gasteiger partial charge in [-0.1, -0.05) is 23.7 Å². The van der Waals surface area contributed by atoms with Crippen LogP contribution < -0.4 is 20.1 Å². The van der Waals surface area contributed by atoms with Gasteiger partial charge in [0.2, 0.25) is 0 Å². The molecule has 0 saturated carbocycles. The minimum Gasteiger partial charge on any atom is -0.495 e. The number of nitrogens with one attached hydrogen (secondary N) is 3. The second-order valence-electron chi connectivity index (χ2n) is 6.85. The molecule has 2 amide bonds. The number of hydrogen-bond donors (Lipinski definition) is 3. The molecule has 0 radical (unpaired) electrons. The van der Waals surface area contributed by atoms with Gasteiger partial charge in [-0.05, 0) is 60.7 Å². The fourth-order valence-electron chi connectivity index (χ4n) is 2.88. The first-order valence-corrected chi connectivity index (χ1v) is 11.7. The Hall–Kier alpha value is -3.56. The van der Waals surface area contributed by atoms with Gasteiger partial charge in [0.15, 0.2) is 0 Å². The Bertz CT molecular complexity index is 1230. The molecule has 0 unspecified atom stereocenters. The third-order valence-corrected chi connectivity index (χ3v) is 6.21. The fourth-order valence-corrected chi connectivity index (χ4v) is 4.07. The Morgan fingerprint density at radius 2 is 1.33 bits per heavy atom. The summed E-state index contributed by atoms with van der Waals surface area (Å²) < 4.78 is 32.9. The van der Waals surface area contributed by atoms with E-state index >= 15 is 0 Å². The zero-order valence-corrected chi connectivity index (χ0v) is 19.2. The van der Waals surface area contributed by atoms with Gasteiger partial charge < -0.3 is 15.4 Å². The summed E-state index contributed by atoms with van der Waals surface area (Å²) >= 11 is 5.80. The topological polar surface area (TPSA) is 114 Å². The van der Waals surface area contributed by atoms with E-state index in [0.29, 0.717) is 22.0 Å². The summed E-state index contributed by atoms with van der Waals surface area (Å²) in [4.78, 5) is 24.3. The van der Waals surface area contributed by atoms with Crippen molar-refractivity contribution in [3.63, 3.8) is 0 Å². The summed E-state index contributed by atoms with van der Waals surface area (Å²) in [5.74, 6) is -0.282. The van der Waals surface area contributed by atoms with Crippen molar-refractivity contribution in [3.05, 3.63) is 88.9 Å². The number of amides is 2. The van der Waals surface area contributed by atoms with E-state index in [4.69, 9.17) is 16.3 Å². The first-order chi connectivity index (χ1) is 15.8. The lowest BCUT2D eigenvalue weighted by Gasteiger charge is -2.12. The molecule has 0 aliphatic carbocycles. The van der Waals surface area contributed by atoms with Gasteiger partial charge in [0, 0.05) is 29.2 Å². The summed E-state index contributed by atoms with van der Waals surface area (Å²) in [6.07, 6.45) is 0. The molecule has 0 fully saturated rings. The van der Waals surface area contributed by atoms with Gasteiger partial charge in [-0.15, -0.1) is 0 Å². The minimum absolute atomic E-state index is 0.000170. The average Bonchev–Trinajstić information content (AvgIpc) is 2.82. The number of methoxy groups -OCH3 is 1. The molecule has 10 heteroatoms. The van der Waals surface area contributed by atoms with Crippen molar-refractivity contribution >= 4 is 39.1 Å². The largest absolute Gasteiger partial charge is 0.495 e. The number of anilines is 1. The lowest BCUT2D eigenvalue weighted by Crippen LogP contribution is -2.34. The number of halogens is 1. The van der Waals surface area contributed by atoms with Crippen LogP contribution in [0.3, 0.4) is 0 Å². The number of benzene rings is 3. The molecule has 3 N–H and O–H groups in total.